The third-order valence-corrected chi connectivity index (χ3v) is 6.29. The van der Waals surface area contributed by atoms with Crippen molar-refractivity contribution in [1.82, 2.24) is 4.90 Å². The van der Waals surface area contributed by atoms with Gasteiger partial charge in [0.1, 0.15) is 0 Å². The van der Waals surface area contributed by atoms with Gasteiger partial charge in [0.2, 0.25) is 0 Å². The second-order valence-corrected chi connectivity index (χ2v) is 8.70. The number of nitrogens with zero attached hydrogens (tertiary/aromatic N) is 1. The van der Waals surface area contributed by atoms with Crippen LogP contribution in [0.25, 0.3) is 11.3 Å². The molecular weight excluding hydrogens is 412 g/mol. The molecule has 0 spiro atoms. The summed E-state index contributed by atoms with van der Waals surface area (Å²) in [4.78, 5) is 15.3. The molecule has 1 amide bonds. The number of anilines is 3. The highest BCUT2D eigenvalue weighted by Crippen LogP contribution is 2.38. The van der Waals surface area contributed by atoms with Crippen molar-refractivity contribution in [2.24, 2.45) is 0 Å². The number of carbonyl (C=O) groups is 1. The van der Waals surface area contributed by atoms with E-state index in [0.717, 1.165) is 60.7 Å². The maximum Gasteiger partial charge on any atom is 0.258 e. The van der Waals surface area contributed by atoms with Gasteiger partial charge in [0.25, 0.3) is 5.91 Å². The van der Waals surface area contributed by atoms with E-state index in [1.807, 2.05) is 54.6 Å². The number of aliphatic hydroxyl groups excluding tert-OH is 1. The maximum absolute atomic E-state index is 13.0. The average molecular weight is 441 g/mol. The summed E-state index contributed by atoms with van der Waals surface area (Å²) >= 11 is 0. The standard InChI is InChI=1S/C27H28N4O2/c28-20-8-11-24-23(16-20)25(27(33)30-24)26(19-4-2-1-3-5-19)29-21-9-6-18(7-10-21)17-31-14-12-22(32)13-15-31/h1-11,16,22,29,32H,12-15,17,28H2,(H,30,33)/b26-25-. The number of nitrogen functional groups attached to an aromatic ring is 1. The number of amides is 1. The number of hydrogen-bond acceptors (Lipinski definition) is 5. The fourth-order valence-electron chi connectivity index (χ4n) is 4.49. The van der Waals surface area contributed by atoms with Crippen molar-refractivity contribution < 1.29 is 9.90 Å². The molecule has 2 heterocycles. The molecule has 3 aromatic carbocycles. The lowest BCUT2D eigenvalue weighted by molar-refractivity contribution is -0.110. The Labute approximate surface area is 193 Å². The summed E-state index contributed by atoms with van der Waals surface area (Å²) in [6.45, 7) is 2.71. The second-order valence-electron chi connectivity index (χ2n) is 8.70. The highest BCUT2D eigenvalue weighted by Gasteiger charge is 2.28. The molecule has 33 heavy (non-hydrogen) atoms. The molecule has 2 aliphatic heterocycles. The Bertz CT molecular complexity index is 1180. The minimum absolute atomic E-state index is 0.147. The molecule has 1 saturated heterocycles. The molecule has 6 nitrogen and oxygen atoms in total. The van der Waals surface area contributed by atoms with Crippen LogP contribution in [-0.4, -0.2) is 35.1 Å². The number of likely N-dealkylation sites (tertiary alicyclic amines) is 1. The number of hydrogen-bond donors (Lipinski definition) is 4. The summed E-state index contributed by atoms with van der Waals surface area (Å²) < 4.78 is 0. The Balaban J connectivity index is 1.44. The Morgan fingerprint density at radius 2 is 1.76 bits per heavy atom. The molecule has 0 bridgehead atoms. The van der Waals surface area contributed by atoms with Crippen LogP contribution in [0.2, 0.25) is 0 Å². The molecule has 6 heteroatoms. The highest BCUT2D eigenvalue weighted by molar-refractivity contribution is 6.37. The van der Waals surface area contributed by atoms with Crippen molar-refractivity contribution in [3.63, 3.8) is 0 Å². The summed E-state index contributed by atoms with van der Waals surface area (Å²) in [6.07, 6.45) is 1.51. The minimum atomic E-state index is -0.162. The van der Waals surface area contributed by atoms with Crippen molar-refractivity contribution in [2.75, 3.05) is 29.5 Å². The van der Waals surface area contributed by atoms with Gasteiger partial charge in [-0.05, 0) is 54.3 Å². The normalized spacial score (nSPS) is 18.0. The van der Waals surface area contributed by atoms with Gasteiger partial charge in [-0.15, -0.1) is 0 Å². The summed E-state index contributed by atoms with van der Waals surface area (Å²) in [6, 6.07) is 23.7. The number of nitrogens with one attached hydrogen (secondary N) is 2. The van der Waals surface area contributed by atoms with Crippen LogP contribution in [0.5, 0.6) is 0 Å². The van der Waals surface area contributed by atoms with Gasteiger partial charge in [-0.1, -0.05) is 42.5 Å². The Morgan fingerprint density at radius 1 is 1.03 bits per heavy atom. The van der Waals surface area contributed by atoms with Crippen LogP contribution in [0, 0.1) is 0 Å². The fraction of sp³-hybridized carbons (Fsp3) is 0.222. The number of piperidine rings is 1. The first kappa shape index (κ1) is 21.2. The van der Waals surface area contributed by atoms with Gasteiger partial charge in [0.15, 0.2) is 0 Å². The molecule has 168 valence electrons. The van der Waals surface area contributed by atoms with E-state index in [0.29, 0.717) is 11.3 Å². The second kappa shape index (κ2) is 9.10. The molecule has 0 radical (unpaired) electrons. The molecule has 5 N–H and O–H groups in total. The SMILES string of the molecule is Nc1ccc2c(c1)/C(=C(/Nc1ccc(CN3CCC(O)CC3)cc1)c1ccccc1)C(=O)N2. The van der Waals surface area contributed by atoms with E-state index < -0.39 is 0 Å². The Morgan fingerprint density at radius 3 is 2.48 bits per heavy atom. The molecule has 0 atom stereocenters. The molecular formula is C27H28N4O2. The van der Waals surface area contributed by atoms with Crippen LogP contribution < -0.4 is 16.4 Å². The van der Waals surface area contributed by atoms with Gasteiger partial charge in [-0.25, -0.2) is 0 Å². The van der Waals surface area contributed by atoms with Gasteiger partial charge < -0.3 is 21.5 Å². The van der Waals surface area contributed by atoms with Gasteiger partial charge in [-0.2, -0.15) is 0 Å². The lowest BCUT2D eigenvalue weighted by Crippen LogP contribution is -2.35. The number of benzene rings is 3. The van der Waals surface area contributed by atoms with E-state index in [1.165, 1.54) is 5.56 Å². The Kier molecular flexibility index (Phi) is 5.86. The van der Waals surface area contributed by atoms with E-state index in [9.17, 15) is 9.90 Å². The molecule has 0 aromatic heterocycles. The average Bonchev–Trinajstić information content (AvgIpc) is 3.15. The summed E-state index contributed by atoms with van der Waals surface area (Å²) in [5.41, 5.74) is 12.6. The zero-order chi connectivity index (χ0) is 22.8. The molecule has 0 unspecified atom stereocenters. The number of fused-ring (bicyclic) bond motifs is 1. The number of rotatable bonds is 5. The number of carbonyl (C=O) groups excluding carboxylic acids is 1. The van der Waals surface area contributed by atoms with Crippen LogP contribution >= 0.6 is 0 Å². The van der Waals surface area contributed by atoms with Gasteiger partial charge in [0, 0.05) is 42.3 Å². The topological polar surface area (TPSA) is 90.6 Å². The van der Waals surface area contributed by atoms with Crippen LogP contribution in [0.1, 0.15) is 29.5 Å². The molecule has 5 rings (SSSR count). The minimum Gasteiger partial charge on any atom is -0.399 e. The fourth-order valence-corrected chi connectivity index (χ4v) is 4.49. The van der Waals surface area contributed by atoms with E-state index >= 15 is 0 Å². The molecule has 0 aliphatic carbocycles. The number of nitrogens with two attached hydrogens (primary N) is 1. The molecule has 0 saturated carbocycles. The smallest absolute Gasteiger partial charge is 0.258 e. The predicted molar refractivity (Wildman–Crippen MR) is 133 cm³/mol. The van der Waals surface area contributed by atoms with Gasteiger partial charge in [-0.3, -0.25) is 9.69 Å². The van der Waals surface area contributed by atoms with Gasteiger partial charge in [0.05, 0.1) is 17.4 Å². The van der Waals surface area contributed by atoms with E-state index in [2.05, 4.69) is 27.7 Å². The third-order valence-electron chi connectivity index (χ3n) is 6.29. The summed E-state index contributed by atoms with van der Waals surface area (Å²) in [7, 11) is 0. The van der Waals surface area contributed by atoms with E-state index in [4.69, 9.17) is 5.73 Å². The zero-order valence-electron chi connectivity index (χ0n) is 18.4. The third kappa shape index (κ3) is 4.62. The van der Waals surface area contributed by atoms with Crippen molar-refractivity contribution in [1.29, 1.82) is 0 Å². The van der Waals surface area contributed by atoms with E-state index in [1.54, 1.807) is 6.07 Å². The molecule has 2 aliphatic rings. The first-order valence-corrected chi connectivity index (χ1v) is 11.3. The summed E-state index contributed by atoms with van der Waals surface area (Å²) in [5, 5.41) is 16.2. The van der Waals surface area contributed by atoms with Crippen LogP contribution in [0.4, 0.5) is 17.1 Å². The predicted octanol–water partition coefficient (Wildman–Crippen LogP) is 4.16. The van der Waals surface area contributed by atoms with Gasteiger partial charge >= 0.3 is 0 Å². The van der Waals surface area contributed by atoms with Crippen LogP contribution in [0.15, 0.2) is 72.8 Å². The lowest BCUT2D eigenvalue weighted by atomic mass is 9.99. The van der Waals surface area contributed by atoms with Crippen LogP contribution in [-0.2, 0) is 11.3 Å². The Hall–Kier alpha value is -3.61. The summed E-state index contributed by atoms with van der Waals surface area (Å²) in [5.74, 6) is -0.147. The molecule has 3 aromatic rings. The largest absolute Gasteiger partial charge is 0.399 e. The molecule has 1 fully saturated rings. The van der Waals surface area contributed by atoms with Crippen molar-refractivity contribution in [2.45, 2.75) is 25.5 Å². The van der Waals surface area contributed by atoms with Crippen LogP contribution in [0.3, 0.4) is 0 Å². The van der Waals surface area contributed by atoms with Crippen molar-refractivity contribution in [3.05, 3.63) is 89.5 Å². The first-order valence-electron chi connectivity index (χ1n) is 11.3. The maximum atomic E-state index is 13.0. The van der Waals surface area contributed by atoms with Crippen molar-refractivity contribution in [3.8, 4) is 0 Å². The van der Waals surface area contributed by atoms with Crippen molar-refractivity contribution >= 4 is 34.2 Å². The highest BCUT2D eigenvalue weighted by atomic mass is 16.3. The first-order chi connectivity index (χ1) is 16.1. The lowest BCUT2D eigenvalue weighted by Gasteiger charge is -2.29. The zero-order valence-corrected chi connectivity index (χ0v) is 18.4. The van der Waals surface area contributed by atoms with E-state index in [-0.39, 0.29) is 12.0 Å². The monoisotopic (exact) mass is 440 g/mol. The quantitative estimate of drug-likeness (QED) is 0.353. The number of aliphatic hydroxyl groups is 1.